The molecule has 21 heavy (non-hydrogen) atoms. The van der Waals surface area contributed by atoms with E-state index in [9.17, 15) is 9.59 Å². The summed E-state index contributed by atoms with van der Waals surface area (Å²) < 4.78 is 20.9. The van der Waals surface area contributed by atoms with Crippen LogP contribution in [0.4, 0.5) is 0 Å². The molecule has 0 aliphatic rings. The van der Waals surface area contributed by atoms with Crippen molar-refractivity contribution in [3.63, 3.8) is 0 Å². The Labute approximate surface area is 127 Å². The van der Waals surface area contributed by atoms with Crippen molar-refractivity contribution in [3.05, 3.63) is 0 Å². The Morgan fingerprint density at radius 1 is 0.857 bits per heavy atom. The second-order valence-electron chi connectivity index (χ2n) is 4.30. The maximum atomic E-state index is 10.9. The van der Waals surface area contributed by atoms with Gasteiger partial charge < -0.3 is 24.3 Å². The first-order valence-corrected chi connectivity index (χ1v) is 7.24. The van der Waals surface area contributed by atoms with Crippen molar-refractivity contribution in [3.8, 4) is 0 Å². The van der Waals surface area contributed by atoms with E-state index in [0.717, 1.165) is 0 Å². The van der Waals surface area contributed by atoms with Crippen LogP contribution >= 0.6 is 0 Å². The van der Waals surface area contributed by atoms with Crippen molar-refractivity contribution in [1.82, 2.24) is 5.32 Å². The van der Waals surface area contributed by atoms with E-state index in [1.807, 2.05) is 6.92 Å². The Bertz CT molecular complexity index is 278. The summed E-state index contributed by atoms with van der Waals surface area (Å²) in [7, 11) is 0. The van der Waals surface area contributed by atoms with Crippen LogP contribution in [0.3, 0.4) is 0 Å². The zero-order valence-electron chi connectivity index (χ0n) is 13.0. The third-order valence-corrected chi connectivity index (χ3v) is 2.31. The highest BCUT2D eigenvalue weighted by molar-refractivity contribution is 5.76. The lowest BCUT2D eigenvalue weighted by molar-refractivity contribution is -0.122. The maximum Gasteiger partial charge on any atom is 0.219 e. The van der Waals surface area contributed by atoms with Gasteiger partial charge in [0.05, 0.1) is 46.2 Å². The van der Waals surface area contributed by atoms with E-state index in [1.165, 1.54) is 6.92 Å². The predicted molar refractivity (Wildman–Crippen MR) is 79.4 cm³/mol. The van der Waals surface area contributed by atoms with Crippen molar-refractivity contribution < 1.29 is 30.0 Å². The van der Waals surface area contributed by atoms with E-state index in [-0.39, 0.29) is 19.7 Å². The summed E-state index contributed by atoms with van der Waals surface area (Å²) in [6.45, 7) is 7.24. The highest BCUT2D eigenvalue weighted by Gasteiger charge is 1.96. The lowest BCUT2D eigenvalue weighted by Gasteiger charge is -2.07. The van der Waals surface area contributed by atoms with Crippen LogP contribution in [0, 0.1) is 0 Å². The minimum Gasteiger partial charge on any atom is -0.377 e. The van der Waals surface area contributed by atoms with Gasteiger partial charge in [0, 0.05) is 14.4 Å². The van der Waals surface area contributed by atoms with Crippen LogP contribution in [0.15, 0.2) is 0 Å². The molecular weight excluding hydrogens is 278 g/mol. The molecule has 7 nitrogen and oxygen atoms in total. The molecule has 0 atom stereocenters. The summed E-state index contributed by atoms with van der Waals surface area (Å²) in [6, 6.07) is 0. The molecule has 0 aromatic carbocycles. The van der Waals surface area contributed by atoms with Crippen molar-refractivity contribution in [2.24, 2.45) is 0 Å². The van der Waals surface area contributed by atoms with Gasteiger partial charge in [0.15, 0.2) is 5.78 Å². The van der Waals surface area contributed by atoms with Gasteiger partial charge in [-0.15, -0.1) is 0 Å². The van der Waals surface area contributed by atoms with E-state index in [0.29, 0.717) is 59.2 Å². The zero-order valence-corrected chi connectivity index (χ0v) is 13.0. The summed E-state index contributed by atoms with van der Waals surface area (Å²) in [4.78, 5) is 21.5. The molecule has 0 fully saturated rings. The Morgan fingerprint density at radius 3 is 1.81 bits per heavy atom. The molecule has 0 saturated carbocycles. The normalized spacial score (nSPS) is 10.6. The number of Topliss-reactive ketones (excluding diaryl/α,β-unsaturated/α-hetero) is 1. The molecule has 0 rings (SSSR count). The molecule has 0 heterocycles. The van der Waals surface area contributed by atoms with Gasteiger partial charge in [-0.1, -0.05) is 6.92 Å². The largest absolute Gasteiger partial charge is 0.377 e. The Morgan fingerprint density at radius 2 is 1.33 bits per heavy atom. The van der Waals surface area contributed by atoms with E-state index < -0.39 is 0 Å². The van der Waals surface area contributed by atoms with Crippen molar-refractivity contribution in [2.75, 3.05) is 59.4 Å². The number of hydrogen-bond acceptors (Lipinski definition) is 6. The summed E-state index contributed by atoms with van der Waals surface area (Å²) in [6.07, 6.45) is 0.489. The molecule has 0 saturated heterocycles. The molecule has 126 valence electrons. The van der Waals surface area contributed by atoms with Gasteiger partial charge in [0.2, 0.25) is 5.91 Å². The highest BCUT2D eigenvalue weighted by atomic mass is 16.6. The fourth-order valence-electron chi connectivity index (χ4n) is 1.26. The standard InChI is InChI=1S/C14H27NO6.H2/c1-3-14(17)15-4-5-18-6-7-19-8-9-20-10-11-21-12-13(2)16;/h3-12H2,1-2H3,(H,15,17);1H. The number of ketones is 1. The Hall–Kier alpha value is -1.02. The number of carbonyl (C=O) groups is 2. The lowest BCUT2D eigenvalue weighted by Crippen LogP contribution is -2.26. The van der Waals surface area contributed by atoms with Crippen LogP contribution in [0.1, 0.15) is 21.7 Å². The van der Waals surface area contributed by atoms with Crippen LogP contribution < -0.4 is 5.32 Å². The molecule has 0 aliphatic carbocycles. The van der Waals surface area contributed by atoms with Crippen molar-refractivity contribution in [1.29, 1.82) is 0 Å². The topological polar surface area (TPSA) is 83.1 Å². The smallest absolute Gasteiger partial charge is 0.219 e. The average molecular weight is 307 g/mol. The first kappa shape index (κ1) is 20.0. The lowest BCUT2D eigenvalue weighted by atomic mass is 10.4. The van der Waals surface area contributed by atoms with Gasteiger partial charge >= 0.3 is 0 Å². The molecule has 0 aromatic rings. The average Bonchev–Trinajstić information content (AvgIpc) is 2.46. The number of hydrogen-bond donors (Lipinski definition) is 1. The molecule has 0 unspecified atom stereocenters. The van der Waals surface area contributed by atoms with Crippen molar-refractivity contribution >= 4 is 11.7 Å². The first-order valence-electron chi connectivity index (χ1n) is 7.24. The first-order chi connectivity index (χ1) is 10.2. The van der Waals surface area contributed by atoms with Crippen LogP contribution in [-0.2, 0) is 28.5 Å². The van der Waals surface area contributed by atoms with Crippen LogP contribution in [-0.4, -0.2) is 71.1 Å². The molecule has 7 heteroatoms. The van der Waals surface area contributed by atoms with Gasteiger partial charge in [0.25, 0.3) is 0 Å². The van der Waals surface area contributed by atoms with E-state index in [2.05, 4.69) is 5.32 Å². The van der Waals surface area contributed by atoms with Gasteiger partial charge in [-0.05, 0) is 6.92 Å². The van der Waals surface area contributed by atoms with Crippen LogP contribution in [0.25, 0.3) is 0 Å². The minimum atomic E-state index is 0. The third kappa shape index (κ3) is 16.9. The van der Waals surface area contributed by atoms with Gasteiger partial charge in [-0.2, -0.15) is 0 Å². The zero-order chi connectivity index (χ0) is 15.8. The number of amides is 1. The number of rotatable bonds is 15. The highest BCUT2D eigenvalue weighted by Crippen LogP contribution is 1.83. The van der Waals surface area contributed by atoms with Gasteiger partial charge in [0.1, 0.15) is 6.61 Å². The summed E-state index contributed by atoms with van der Waals surface area (Å²) in [5, 5.41) is 2.72. The molecule has 0 aromatic heterocycles. The van der Waals surface area contributed by atoms with Gasteiger partial charge in [-0.3, -0.25) is 9.59 Å². The summed E-state index contributed by atoms with van der Waals surface area (Å²) >= 11 is 0. The fraction of sp³-hybridized carbons (Fsp3) is 0.857. The molecule has 0 radical (unpaired) electrons. The predicted octanol–water partition coefficient (Wildman–Crippen LogP) is 0.414. The SMILES string of the molecule is CCC(=O)NCCOCCOCCOCCOCC(C)=O.[HH]. The minimum absolute atomic E-state index is 0. The number of carbonyl (C=O) groups excluding carboxylic acids is 2. The Balaban J connectivity index is 0. The summed E-state index contributed by atoms with van der Waals surface area (Å²) in [5.41, 5.74) is 0. The quantitative estimate of drug-likeness (QED) is 0.441. The Kier molecular flexibility index (Phi) is 14.6. The monoisotopic (exact) mass is 307 g/mol. The van der Waals surface area contributed by atoms with E-state index >= 15 is 0 Å². The molecule has 0 spiro atoms. The summed E-state index contributed by atoms with van der Waals surface area (Å²) in [5.74, 6) is 0.0341. The second-order valence-corrected chi connectivity index (χ2v) is 4.30. The molecule has 0 aliphatic heterocycles. The number of ether oxygens (including phenoxy) is 4. The molecule has 1 amide bonds. The molecule has 1 N–H and O–H groups in total. The van der Waals surface area contributed by atoms with Gasteiger partial charge in [-0.25, -0.2) is 0 Å². The maximum absolute atomic E-state index is 10.9. The van der Waals surface area contributed by atoms with Crippen LogP contribution in [0.2, 0.25) is 0 Å². The molecule has 0 bridgehead atoms. The fourth-order valence-corrected chi connectivity index (χ4v) is 1.26. The second kappa shape index (κ2) is 15.4. The van der Waals surface area contributed by atoms with E-state index in [1.54, 1.807) is 0 Å². The number of nitrogens with one attached hydrogen (secondary N) is 1. The van der Waals surface area contributed by atoms with E-state index in [4.69, 9.17) is 18.9 Å². The molecular formula is C14H29NO6. The van der Waals surface area contributed by atoms with Crippen molar-refractivity contribution in [2.45, 2.75) is 20.3 Å². The van der Waals surface area contributed by atoms with Crippen LogP contribution in [0.5, 0.6) is 0 Å². The third-order valence-electron chi connectivity index (χ3n) is 2.31.